The van der Waals surface area contributed by atoms with Gasteiger partial charge in [0.25, 0.3) is 5.69 Å². The van der Waals surface area contributed by atoms with Crippen LogP contribution in [0.15, 0.2) is 18.3 Å². The van der Waals surface area contributed by atoms with E-state index < -0.39 is 11.0 Å². The van der Waals surface area contributed by atoms with Crippen molar-refractivity contribution in [3.8, 4) is 6.01 Å². The molecule has 2 aromatic rings. The Hall–Kier alpha value is -2.48. The number of rotatable bonds is 3. The number of benzene rings is 1. The summed E-state index contributed by atoms with van der Waals surface area (Å²) in [5.41, 5.74) is -0.0165. The third kappa shape index (κ3) is 2.91. The number of fused-ring (bicyclic) bond motifs is 1. The zero-order valence-electron chi connectivity index (χ0n) is 10.3. The van der Waals surface area contributed by atoms with E-state index in [-0.39, 0.29) is 22.2 Å². The Morgan fingerprint density at radius 3 is 2.95 bits per heavy atom. The number of halogens is 1. The average molecular weight is 297 g/mol. The van der Waals surface area contributed by atoms with Crippen molar-refractivity contribution in [3.05, 3.63) is 33.5 Å². The van der Waals surface area contributed by atoms with E-state index in [4.69, 9.17) is 16.3 Å². The first-order valence-corrected chi connectivity index (χ1v) is 5.95. The zero-order valence-corrected chi connectivity index (χ0v) is 11.0. The van der Waals surface area contributed by atoms with Crippen molar-refractivity contribution in [2.45, 2.75) is 6.92 Å². The van der Waals surface area contributed by atoms with Gasteiger partial charge in [-0.2, -0.15) is 4.98 Å². The van der Waals surface area contributed by atoms with Crippen LogP contribution < -0.4 is 10.1 Å². The smallest absolute Gasteiger partial charge is 0.374 e. The van der Waals surface area contributed by atoms with Gasteiger partial charge in [0, 0.05) is 24.2 Å². The fourth-order valence-corrected chi connectivity index (χ4v) is 1.72. The lowest BCUT2D eigenvalue weighted by atomic mass is 10.2. The largest absolute Gasteiger partial charge is 0.415 e. The molecule has 2 rings (SSSR count). The Morgan fingerprint density at radius 1 is 1.55 bits per heavy atom. The molecular formula is C11H9ClN4O4. The number of nitro groups is 1. The summed E-state index contributed by atoms with van der Waals surface area (Å²) in [6.07, 6.45) is 0.669. The minimum absolute atomic E-state index is 0.0107. The second kappa shape index (κ2) is 5.66. The molecule has 0 saturated carbocycles. The molecule has 0 aliphatic rings. The second-order valence-electron chi connectivity index (χ2n) is 3.69. The molecule has 0 aliphatic heterocycles. The molecule has 0 bridgehead atoms. The Bertz CT molecular complexity index is 691. The first kappa shape index (κ1) is 13.9. The summed E-state index contributed by atoms with van der Waals surface area (Å²) in [7, 11) is 0. The molecule has 0 fully saturated rings. The van der Waals surface area contributed by atoms with Gasteiger partial charge in [0.05, 0.1) is 10.4 Å². The maximum atomic E-state index is 11.2. The fourth-order valence-electron chi connectivity index (χ4n) is 1.48. The van der Waals surface area contributed by atoms with Gasteiger partial charge in [-0.15, -0.1) is 0 Å². The van der Waals surface area contributed by atoms with Gasteiger partial charge >= 0.3 is 12.1 Å². The predicted molar refractivity (Wildman–Crippen MR) is 70.9 cm³/mol. The molecular weight excluding hydrogens is 288 g/mol. The van der Waals surface area contributed by atoms with Crippen molar-refractivity contribution in [3.63, 3.8) is 0 Å². The molecule has 0 saturated heterocycles. The number of nitrogens with zero attached hydrogens (tertiary/aromatic N) is 3. The van der Waals surface area contributed by atoms with Crippen LogP contribution in [0, 0.1) is 10.1 Å². The molecule has 1 aromatic carbocycles. The first-order valence-electron chi connectivity index (χ1n) is 5.57. The van der Waals surface area contributed by atoms with Crippen molar-refractivity contribution >= 4 is 34.3 Å². The number of carbonyl (C=O) groups is 1. The summed E-state index contributed by atoms with van der Waals surface area (Å²) < 4.78 is 4.82. The van der Waals surface area contributed by atoms with Crippen molar-refractivity contribution in [1.82, 2.24) is 15.3 Å². The van der Waals surface area contributed by atoms with Crippen LogP contribution in [0.1, 0.15) is 6.92 Å². The molecule has 1 amide bonds. The van der Waals surface area contributed by atoms with Crippen molar-refractivity contribution in [2.24, 2.45) is 0 Å². The molecule has 0 radical (unpaired) electrons. The van der Waals surface area contributed by atoms with Crippen LogP contribution >= 0.6 is 11.6 Å². The number of nitrogens with one attached hydrogen (secondary N) is 1. The topological polar surface area (TPSA) is 107 Å². The van der Waals surface area contributed by atoms with Crippen molar-refractivity contribution in [1.29, 1.82) is 0 Å². The highest BCUT2D eigenvalue weighted by Gasteiger charge is 2.15. The molecule has 0 unspecified atom stereocenters. The van der Waals surface area contributed by atoms with E-state index in [1.165, 1.54) is 18.3 Å². The van der Waals surface area contributed by atoms with E-state index in [2.05, 4.69) is 15.3 Å². The third-order valence-corrected chi connectivity index (χ3v) is 2.63. The van der Waals surface area contributed by atoms with E-state index in [0.29, 0.717) is 11.9 Å². The van der Waals surface area contributed by atoms with Gasteiger partial charge in [-0.25, -0.2) is 9.78 Å². The molecule has 0 aliphatic carbocycles. The van der Waals surface area contributed by atoms with Gasteiger partial charge in [0.15, 0.2) is 0 Å². The number of hydrogen-bond donors (Lipinski definition) is 1. The lowest BCUT2D eigenvalue weighted by Crippen LogP contribution is -2.26. The predicted octanol–water partition coefficient (Wildman–Crippen LogP) is 2.30. The molecule has 1 aromatic heterocycles. The zero-order chi connectivity index (χ0) is 14.7. The average Bonchev–Trinajstić information content (AvgIpc) is 2.38. The van der Waals surface area contributed by atoms with Crippen LogP contribution in [0.3, 0.4) is 0 Å². The summed E-state index contributed by atoms with van der Waals surface area (Å²) in [5, 5.41) is 13.7. The first-order chi connectivity index (χ1) is 9.51. The van der Waals surface area contributed by atoms with Gasteiger partial charge in [-0.3, -0.25) is 10.1 Å². The van der Waals surface area contributed by atoms with Crippen LogP contribution in [0.2, 0.25) is 5.02 Å². The standard InChI is InChI=1S/C11H9ClN4O4/c1-2-13-11(17)20-10-14-5-6-3-7(12)9(16(18)19)4-8(6)15-10/h3-5H,2H2,1H3,(H,13,17). The van der Waals surface area contributed by atoms with Crippen LogP contribution in [-0.4, -0.2) is 27.5 Å². The van der Waals surface area contributed by atoms with E-state index >= 15 is 0 Å². The molecule has 1 heterocycles. The van der Waals surface area contributed by atoms with Crippen LogP contribution in [-0.2, 0) is 0 Å². The van der Waals surface area contributed by atoms with E-state index in [1.54, 1.807) is 6.92 Å². The lowest BCUT2D eigenvalue weighted by molar-refractivity contribution is -0.384. The normalized spacial score (nSPS) is 10.3. The Balaban J connectivity index is 2.40. The van der Waals surface area contributed by atoms with Crippen molar-refractivity contribution < 1.29 is 14.5 Å². The van der Waals surface area contributed by atoms with Crippen molar-refractivity contribution in [2.75, 3.05) is 6.54 Å². The number of amides is 1. The minimum Gasteiger partial charge on any atom is -0.374 e. The summed E-state index contributed by atoms with van der Waals surface area (Å²) >= 11 is 5.77. The summed E-state index contributed by atoms with van der Waals surface area (Å²) in [4.78, 5) is 29.2. The lowest BCUT2D eigenvalue weighted by Gasteiger charge is -2.04. The van der Waals surface area contributed by atoms with E-state index in [0.717, 1.165) is 0 Å². The van der Waals surface area contributed by atoms with Crippen LogP contribution in [0.25, 0.3) is 10.9 Å². The van der Waals surface area contributed by atoms with Gasteiger partial charge in [0.1, 0.15) is 5.02 Å². The Morgan fingerprint density at radius 2 is 2.30 bits per heavy atom. The maximum Gasteiger partial charge on any atom is 0.415 e. The van der Waals surface area contributed by atoms with E-state index in [9.17, 15) is 14.9 Å². The van der Waals surface area contributed by atoms with Crippen LogP contribution in [0.4, 0.5) is 10.5 Å². The van der Waals surface area contributed by atoms with Gasteiger partial charge in [-0.1, -0.05) is 11.6 Å². The fraction of sp³-hybridized carbons (Fsp3) is 0.182. The van der Waals surface area contributed by atoms with E-state index in [1.807, 2.05) is 0 Å². The second-order valence-corrected chi connectivity index (χ2v) is 4.10. The molecule has 104 valence electrons. The minimum atomic E-state index is -0.699. The number of carbonyl (C=O) groups excluding carboxylic acids is 1. The molecule has 20 heavy (non-hydrogen) atoms. The number of aromatic nitrogens is 2. The molecule has 0 atom stereocenters. The molecule has 1 N–H and O–H groups in total. The Labute approximate surface area is 117 Å². The quantitative estimate of drug-likeness (QED) is 0.688. The summed E-state index contributed by atoms with van der Waals surface area (Å²) in [5.74, 6) is 0. The van der Waals surface area contributed by atoms with Crippen LogP contribution in [0.5, 0.6) is 6.01 Å². The van der Waals surface area contributed by atoms with Gasteiger partial charge in [0.2, 0.25) is 0 Å². The maximum absolute atomic E-state index is 11.2. The van der Waals surface area contributed by atoms with Gasteiger partial charge < -0.3 is 10.1 Å². The third-order valence-electron chi connectivity index (χ3n) is 2.33. The SMILES string of the molecule is CCNC(=O)Oc1ncc2cc(Cl)c([N+](=O)[O-])cc2n1. The monoisotopic (exact) mass is 296 g/mol. The highest BCUT2D eigenvalue weighted by atomic mass is 35.5. The summed E-state index contributed by atoms with van der Waals surface area (Å²) in [6.45, 7) is 2.13. The molecule has 9 heteroatoms. The van der Waals surface area contributed by atoms with Gasteiger partial charge in [-0.05, 0) is 13.0 Å². The highest BCUT2D eigenvalue weighted by molar-refractivity contribution is 6.33. The summed E-state index contributed by atoms with van der Waals surface area (Å²) in [6, 6.07) is 2.38. The Kier molecular flexibility index (Phi) is 3.94. The molecule has 0 spiro atoms. The number of hydrogen-bond acceptors (Lipinski definition) is 6. The number of nitro benzene ring substituents is 1. The highest BCUT2D eigenvalue weighted by Crippen LogP contribution is 2.29. The molecule has 8 nitrogen and oxygen atoms in total. The number of ether oxygens (including phenoxy) is 1.